The molecule has 11 heteroatoms. The molecule has 1 N–H and O–H groups in total. The number of hydrogen-bond donors (Lipinski definition) is 1. The second kappa shape index (κ2) is 8.66. The average Bonchev–Trinajstić information content (AvgIpc) is 3.31. The molecule has 0 aliphatic rings. The first-order chi connectivity index (χ1) is 15.7. The highest BCUT2D eigenvalue weighted by Crippen LogP contribution is 2.28. The molecule has 2 heterocycles. The van der Waals surface area contributed by atoms with Gasteiger partial charge >= 0.3 is 0 Å². The molecule has 0 radical (unpaired) electrons. The minimum absolute atomic E-state index is 0.127. The Balaban J connectivity index is 1.78. The van der Waals surface area contributed by atoms with Gasteiger partial charge in [-0.25, -0.2) is 26.6 Å². The summed E-state index contributed by atoms with van der Waals surface area (Å²) in [6, 6.07) is 6.23. The molecular weight excluding hydrogens is 457 g/mol. The molecule has 4 rings (SSSR count). The van der Waals surface area contributed by atoms with Crippen LogP contribution in [0.1, 0.15) is 29.3 Å². The van der Waals surface area contributed by atoms with E-state index in [2.05, 4.69) is 9.97 Å². The fraction of sp³-hybridized carbons (Fsp3) is 0.136. The van der Waals surface area contributed by atoms with E-state index >= 15 is 4.39 Å². The molecule has 4 aromatic rings. The maximum Gasteiger partial charge on any atom is 0.232 e. The number of carbonyl (C=O) groups excluding carboxylic acids is 1. The third-order valence-electron chi connectivity index (χ3n) is 4.85. The van der Waals surface area contributed by atoms with E-state index in [0.717, 1.165) is 0 Å². The van der Waals surface area contributed by atoms with Crippen molar-refractivity contribution >= 4 is 32.4 Å². The first kappa shape index (κ1) is 22.5. The Bertz CT molecular complexity index is 1470. The minimum Gasteiger partial charge on any atom is -0.305 e. The molecule has 0 aliphatic carbocycles. The Morgan fingerprint density at radius 1 is 1.12 bits per heavy atom. The second-order valence-electron chi connectivity index (χ2n) is 7.23. The number of imidazole rings is 1. The molecule has 7 nitrogen and oxygen atoms in total. The van der Waals surface area contributed by atoms with Gasteiger partial charge in [0.25, 0.3) is 0 Å². The number of hydrogen-bond acceptors (Lipinski definition) is 5. The zero-order valence-electron chi connectivity index (χ0n) is 17.2. The normalized spacial score (nSPS) is 11.6. The summed E-state index contributed by atoms with van der Waals surface area (Å²) >= 11 is 0. The standard InChI is InChI=1S/C22H17F3N4O3S/c1-2-7-33(31,32)28-18-10-16(23)20(24)19(21(18)25)22(30)13-3-4-17-14(8-13)9-15(11-27-17)29-6-5-26-12-29/h3-6,8-12,28H,2,7H2,1H3. The molecule has 0 atom stereocenters. The lowest BCUT2D eigenvalue weighted by molar-refractivity contribution is 0.103. The lowest BCUT2D eigenvalue weighted by atomic mass is 9.99. The Labute approximate surface area is 187 Å². The molecule has 0 saturated carbocycles. The van der Waals surface area contributed by atoms with Gasteiger partial charge in [0, 0.05) is 29.4 Å². The summed E-state index contributed by atoms with van der Waals surface area (Å²) in [6.07, 6.45) is 6.63. The molecule has 0 saturated heterocycles. The maximum atomic E-state index is 15.0. The lowest BCUT2D eigenvalue weighted by Gasteiger charge is -2.13. The molecular formula is C22H17F3N4O3S. The van der Waals surface area contributed by atoms with Crippen LogP contribution in [0.3, 0.4) is 0 Å². The second-order valence-corrected chi connectivity index (χ2v) is 9.07. The molecule has 0 aliphatic heterocycles. The van der Waals surface area contributed by atoms with Crippen molar-refractivity contribution in [1.29, 1.82) is 0 Å². The van der Waals surface area contributed by atoms with Crippen molar-refractivity contribution in [1.82, 2.24) is 14.5 Å². The van der Waals surface area contributed by atoms with Crippen molar-refractivity contribution in [3.8, 4) is 5.69 Å². The van der Waals surface area contributed by atoms with E-state index in [9.17, 15) is 22.0 Å². The van der Waals surface area contributed by atoms with Gasteiger partial charge in [-0.05, 0) is 30.7 Å². The van der Waals surface area contributed by atoms with Crippen molar-refractivity contribution in [2.24, 2.45) is 0 Å². The Morgan fingerprint density at radius 2 is 1.91 bits per heavy atom. The number of aromatic nitrogens is 3. The molecule has 0 amide bonds. The third kappa shape index (κ3) is 4.44. The number of halogens is 3. The number of carbonyl (C=O) groups is 1. The van der Waals surface area contributed by atoms with Crippen molar-refractivity contribution in [2.75, 3.05) is 10.5 Å². The highest BCUT2D eigenvalue weighted by molar-refractivity contribution is 7.92. The van der Waals surface area contributed by atoms with E-state index in [4.69, 9.17) is 0 Å². The molecule has 170 valence electrons. The molecule has 2 aromatic heterocycles. The van der Waals surface area contributed by atoms with Gasteiger partial charge in [-0.3, -0.25) is 14.5 Å². The van der Waals surface area contributed by atoms with Crippen LogP contribution in [0.15, 0.2) is 55.2 Å². The molecule has 0 fully saturated rings. The van der Waals surface area contributed by atoms with E-state index in [1.807, 2.05) is 4.72 Å². The van der Waals surface area contributed by atoms with Gasteiger partial charge < -0.3 is 4.57 Å². The number of benzene rings is 2. The van der Waals surface area contributed by atoms with Crippen LogP contribution in [0.4, 0.5) is 18.9 Å². The Hall–Kier alpha value is -3.73. The number of ketones is 1. The maximum absolute atomic E-state index is 15.0. The summed E-state index contributed by atoms with van der Waals surface area (Å²) in [5.41, 5.74) is -1.00. The minimum atomic E-state index is -4.01. The van der Waals surface area contributed by atoms with Crippen molar-refractivity contribution in [3.63, 3.8) is 0 Å². The molecule has 0 unspecified atom stereocenters. The summed E-state index contributed by atoms with van der Waals surface area (Å²) in [5, 5.41) is 0.494. The first-order valence-corrected chi connectivity index (χ1v) is 11.5. The summed E-state index contributed by atoms with van der Waals surface area (Å²) in [7, 11) is -4.01. The van der Waals surface area contributed by atoms with E-state index in [-0.39, 0.29) is 17.7 Å². The number of anilines is 1. The van der Waals surface area contributed by atoms with Crippen LogP contribution in [0.5, 0.6) is 0 Å². The van der Waals surface area contributed by atoms with E-state index in [1.54, 1.807) is 42.5 Å². The van der Waals surface area contributed by atoms with E-state index in [1.165, 1.54) is 18.2 Å². The van der Waals surface area contributed by atoms with Crippen LogP contribution < -0.4 is 4.72 Å². The summed E-state index contributed by atoms with van der Waals surface area (Å²) in [5.74, 6) is -6.26. The smallest absolute Gasteiger partial charge is 0.232 e. The third-order valence-corrected chi connectivity index (χ3v) is 6.33. The Morgan fingerprint density at radius 3 is 2.61 bits per heavy atom. The molecule has 0 spiro atoms. The fourth-order valence-corrected chi connectivity index (χ4v) is 4.45. The van der Waals surface area contributed by atoms with Crippen molar-refractivity contribution in [3.05, 3.63) is 83.8 Å². The van der Waals surface area contributed by atoms with Gasteiger partial charge in [0.15, 0.2) is 23.2 Å². The van der Waals surface area contributed by atoms with Crippen LogP contribution >= 0.6 is 0 Å². The fourth-order valence-electron chi connectivity index (χ4n) is 3.32. The summed E-state index contributed by atoms with van der Waals surface area (Å²) in [4.78, 5) is 21.2. The molecule has 2 aromatic carbocycles. The van der Waals surface area contributed by atoms with Gasteiger partial charge in [-0.1, -0.05) is 6.92 Å². The van der Waals surface area contributed by atoms with Gasteiger partial charge in [0.2, 0.25) is 10.0 Å². The number of nitrogens with zero attached hydrogens (tertiary/aromatic N) is 3. The van der Waals surface area contributed by atoms with Crippen LogP contribution in [0.2, 0.25) is 0 Å². The number of rotatable bonds is 7. The van der Waals surface area contributed by atoms with Gasteiger partial charge in [-0.2, -0.15) is 0 Å². The largest absolute Gasteiger partial charge is 0.305 e. The SMILES string of the molecule is CCCS(=O)(=O)Nc1cc(F)c(F)c(C(=O)c2ccc3ncc(-n4ccnc4)cc3c2)c1F. The lowest BCUT2D eigenvalue weighted by Crippen LogP contribution is -2.19. The monoisotopic (exact) mass is 474 g/mol. The first-order valence-electron chi connectivity index (χ1n) is 9.81. The summed E-state index contributed by atoms with van der Waals surface area (Å²) in [6.45, 7) is 1.59. The van der Waals surface area contributed by atoms with Crippen LogP contribution in [0.25, 0.3) is 16.6 Å². The molecule has 0 bridgehead atoms. The predicted octanol–water partition coefficient (Wildman–Crippen LogP) is 4.22. The van der Waals surface area contributed by atoms with Crippen molar-refractivity contribution in [2.45, 2.75) is 13.3 Å². The summed E-state index contributed by atoms with van der Waals surface area (Å²) < 4.78 is 71.2. The van der Waals surface area contributed by atoms with Crippen molar-refractivity contribution < 1.29 is 26.4 Å². The van der Waals surface area contributed by atoms with Gasteiger partial charge in [0.05, 0.1) is 40.7 Å². The number of sulfonamides is 1. The zero-order chi connectivity index (χ0) is 23.8. The van der Waals surface area contributed by atoms with Crippen LogP contribution in [-0.4, -0.2) is 34.5 Å². The predicted molar refractivity (Wildman–Crippen MR) is 116 cm³/mol. The van der Waals surface area contributed by atoms with Crippen LogP contribution in [0, 0.1) is 17.5 Å². The van der Waals surface area contributed by atoms with E-state index < -0.39 is 44.5 Å². The van der Waals surface area contributed by atoms with Gasteiger partial charge in [-0.15, -0.1) is 0 Å². The number of nitrogens with one attached hydrogen (secondary N) is 1. The van der Waals surface area contributed by atoms with Gasteiger partial charge in [0.1, 0.15) is 0 Å². The Kier molecular flexibility index (Phi) is 5.90. The number of pyridine rings is 1. The highest BCUT2D eigenvalue weighted by atomic mass is 32.2. The average molecular weight is 474 g/mol. The van der Waals surface area contributed by atoms with E-state index in [0.29, 0.717) is 22.7 Å². The molecule has 33 heavy (non-hydrogen) atoms. The van der Waals surface area contributed by atoms with Crippen LogP contribution in [-0.2, 0) is 10.0 Å². The quantitative estimate of drug-likeness (QED) is 0.320. The number of fused-ring (bicyclic) bond motifs is 1. The zero-order valence-corrected chi connectivity index (χ0v) is 18.0. The highest BCUT2D eigenvalue weighted by Gasteiger charge is 2.27. The topological polar surface area (TPSA) is 94.0 Å².